The Hall–Kier alpha value is -2.87. The van der Waals surface area contributed by atoms with Gasteiger partial charge in [0.15, 0.2) is 0 Å². The number of rotatable bonds is 5. The molecule has 0 aromatic heterocycles. The van der Waals surface area contributed by atoms with Crippen molar-refractivity contribution in [1.82, 2.24) is 0 Å². The van der Waals surface area contributed by atoms with E-state index in [1.54, 1.807) is 12.1 Å². The number of hydrogen-bond acceptors (Lipinski definition) is 4. The number of benzene rings is 2. The van der Waals surface area contributed by atoms with Crippen LogP contribution in [0.4, 0.5) is 15.8 Å². The Labute approximate surface area is 134 Å². The minimum absolute atomic E-state index is 0.0177. The summed E-state index contributed by atoms with van der Waals surface area (Å²) in [6, 6.07) is 13.7. The summed E-state index contributed by atoms with van der Waals surface area (Å²) in [4.78, 5) is 11.4. The minimum atomic E-state index is -0.555. The number of esters is 1. The molecule has 4 nitrogen and oxygen atoms in total. The Bertz CT molecular complexity index is 736. The molecule has 2 aromatic rings. The third kappa shape index (κ3) is 4.07. The lowest BCUT2D eigenvalue weighted by Gasteiger charge is -2.11. The van der Waals surface area contributed by atoms with Crippen LogP contribution in [-0.2, 0) is 16.0 Å². The lowest BCUT2D eigenvalue weighted by molar-refractivity contribution is -0.144. The summed E-state index contributed by atoms with van der Waals surface area (Å²) in [7, 11) is 1.37. The van der Waals surface area contributed by atoms with Crippen LogP contribution in [0.15, 0.2) is 42.5 Å². The molecule has 0 fully saturated rings. The maximum atomic E-state index is 13.6. The summed E-state index contributed by atoms with van der Waals surface area (Å²) in [5.74, 6) is -1.01. The summed E-state index contributed by atoms with van der Waals surface area (Å²) in [5.41, 5.74) is 2.13. The molecule has 2 aromatic carbocycles. The molecule has 23 heavy (non-hydrogen) atoms. The number of halogens is 1. The highest BCUT2D eigenvalue weighted by atomic mass is 19.1. The number of nitriles is 1. The molecule has 0 spiro atoms. The third-order valence-electron chi connectivity index (χ3n) is 3.50. The molecule has 0 radical (unpaired) electrons. The van der Waals surface area contributed by atoms with Crippen molar-refractivity contribution < 1.29 is 13.9 Å². The highest BCUT2D eigenvalue weighted by Gasteiger charge is 2.13. The van der Waals surface area contributed by atoms with E-state index in [0.717, 1.165) is 11.3 Å². The average molecular weight is 312 g/mol. The molecule has 0 saturated heterocycles. The summed E-state index contributed by atoms with van der Waals surface area (Å²) in [6.45, 7) is 1.81. The van der Waals surface area contributed by atoms with Gasteiger partial charge in [0.2, 0.25) is 0 Å². The number of ether oxygens (including phenoxy) is 1. The van der Waals surface area contributed by atoms with Crippen LogP contribution in [0.2, 0.25) is 0 Å². The van der Waals surface area contributed by atoms with Crippen molar-refractivity contribution >= 4 is 17.3 Å². The number of carbonyl (C=O) groups excluding carboxylic acids is 1. The molecule has 118 valence electrons. The second-order valence-corrected chi connectivity index (χ2v) is 5.22. The van der Waals surface area contributed by atoms with Crippen molar-refractivity contribution in [2.45, 2.75) is 13.3 Å². The zero-order valence-corrected chi connectivity index (χ0v) is 13.0. The first-order chi connectivity index (χ1) is 11.0. The smallest absolute Gasteiger partial charge is 0.308 e. The van der Waals surface area contributed by atoms with Crippen molar-refractivity contribution in [3.63, 3.8) is 0 Å². The fraction of sp³-hybridized carbons (Fsp3) is 0.222. The maximum Gasteiger partial charge on any atom is 0.308 e. The molecule has 0 saturated carbocycles. The van der Waals surface area contributed by atoms with E-state index in [1.165, 1.54) is 13.2 Å². The van der Waals surface area contributed by atoms with Gasteiger partial charge in [-0.05, 0) is 36.2 Å². The van der Waals surface area contributed by atoms with E-state index in [-0.39, 0.29) is 17.5 Å². The predicted molar refractivity (Wildman–Crippen MR) is 85.7 cm³/mol. The quantitative estimate of drug-likeness (QED) is 0.853. The van der Waals surface area contributed by atoms with Gasteiger partial charge in [0.05, 0.1) is 18.7 Å². The van der Waals surface area contributed by atoms with E-state index in [4.69, 9.17) is 10.00 Å². The van der Waals surface area contributed by atoms with Crippen LogP contribution < -0.4 is 5.32 Å². The molecule has 2 rings (SSSR count). The number of anilines is 2. The fourth-order valence-electron chi connectivity index (χ4n) is 2.26. The Kier molecular flexibility index (Phi) is 5.32. The summed E-state index contributed by atoms with van der Waals surface area (Å²) < 4.78 is 18.3. The van der Waals surface area contributed by atoms with Crippen LogP contribution in [0.25, 0.3) is 0 Å². The number of methoxy groups -OCH3 is 1. The zero-order chi connectivity index (χ0) is 16.8. The van der Waals surface area contributed by atoms with Crippen LogP contribution >= 0.6 is 0 Å². The Balaban J connectivity index is 2.11. The first-order valence-corrected chi connectivity index (χ1v) is 7.17. The standard InChI is InChI=1S/C18H17FN2O2/c1-12(18(22)23-2)10-13-6-8-14(9-7-13)21-17-5-3-4-16(19)15(17)11-20/h3-9,12,21H,10H2,1-2H3. The van der Waals surface area contributed by atoms with Crippen LogP contribution in [0, 0.1) is 23.1 Å². The van der Waals surface area contributed by atoms with Crippen LogP contribution in [0.1, 0.15) is 18.1 Å². The van der Waals surface area contributed by atoms with E-state index < -0.39 is 5.82 Å². The van der Waals surface area contributed by atoms with Gasteiger partial charge in [-0.3, -0.25) is 4.79 Å². The van der Waals surface area contributed by atoms with Crippen molar-refractivity contribution in [3.05, 3.63) is 59.4 Å². The lowest BCUT2D eigenvalue weighted by Crippen LogP contribution is -2.15. The highest BCUT2D eigenvalue weighted by Crippen LogP contribution is 2.23. The Morgan fingerprint density at radius 1 is 1.30 bits per heavy atom. The Morgan fingerprint density at radius 2 is 2.00 bits per heavy atom. The van der Waals surface area contributed by atoms with Crippen molar-refractivity contribution in [3.8, 4) is 6.07 Å². The Morgan fingerprint density at radius 3 is 2.61 bits per heavy atom. The van der Waals surface area contributed by atoms with Crippen molar-refractivity contribution in [2.24, 2.45) is 5.92 Å². The molecule has 0 amide bonds. The number of carbonyl (C=O) groups is 1. The van der Waals surface area contributed by atoms with E-state index in [2.05, 4.69) is 5.32 Å². The SMILES string of the molecule is COC(=O)C(C)Cc1ccc(Nc2cccc(F)c2C#N)cc1. The van der Waals surface area contributed by atoms with Gasteiger partial charge in [-0.2, -0.15) is 5.26 Å². The topological polar surface area (TPSA) is 62.1 Å². The summed E-state index contributed by atoms with van der Waals surface area (Å²) >= 11 is 0. The molecule has 1 atom stereocenters. The minimum Gasteiger partial charge on any atom is -0.469 e. The molecule has 1 unspecified atom stereocenters. The average Bonchev–Trinajstić information content (AvgIpc) is 2.56. The van der Waals surface area contributed by atoms with E-state index >= 15 is 0 Å². The monoisotopic (exact) mass is 312 g/mol. The van der Waals surface area contributed by atoms with Gasteiger partial charge in [-0.15, -0.1) is 0 Å². The molecule has 0 aliphatic carbocycles. The van der Waals surface area contributed by atoms with Gasteiger partial charge in [-0.1, -0.05) is 25.1 Å². The van der Waals surface area contributed by atoms with Gasteiger partial charge in [-0.25, -0.2) is 4.39 Å². The van der Waals surface area contributed by atoms with Gasteiger partial charge in [0, 0.05) is 5.69 Å². The lowest BCUT2D eigenvalue weighted by atomic mass is 10.0. The van der Waals surface area contributed by atoms with Gasteiger partial charge in [0.25, 0.3) is 0 Å². The van der Waals surface area contributed by atoms with Crippen LogP contribution in [0.3, 0.4) is 0 Å². The molecule has 0 aliphatic rings. The van der Waals surface area contributed by atoms with Crippen molar-refractivity contribution in [1.29, 1.82) is 5.26 Å². The molecule has 0 aliphatic heterocycles. The van der Waals surface area contributed by atoms with E-state index in [0.29, 0.717) is 12.1 Å². The number of nitrogens with zero attached hydrogens (tertiary/aromatic N) is 1. The molecule has 0 bridgehead atoms. The first kappa shape index (κ1) is 16.5. The van der Waals surface area contributed by atoms with Gasteiger partial charge >= 0.3 is 5.97 Å². The largest absolute Gasteiger partial charge is 0.469 e. The normalized spacial score (nSPS) is 11.4. The van der Waals surface area contributed by atoms with E-state index in [1.807, 2.05) is 37.3 Å². The van der Waals surface area contributed by atoms with Crippen LogP contribution in [-0.4, -0.2) is 13.1 Å². The predicted octanol–water partition coefficient (Wildman–Crippen LogP) is 3.79. The molecular formula is C18H17FN2O2. The molecule has 0 heterocycles. The molecule has 1 N–H and O–H groups in total. The second-order valence-electron chi connectivity index (χ2n) is 5.22. The third-order valence-corrected chi connectivity index (χ3v) is 3.50. The molecular weight excluding hydrogens is 295 g/mol. The molecule has 5 heteroatoms. The van der Waals surface area contributed by atoms with E-state index in [9.17, 15) is 9.18 Å². The highest BCUT2D eigenvalue weighted by molar-refractivity contribution is 5.72. The summed E-state index contributed by atoms with van der Waals surface area (Å²) in [6.07, 6.45) is 0.580. The number of nitrogens with one attached hydrogen (secondary N) is 1. The number of hydrogen-bond donors (Lipinski definition) is 1. The summed E-state index contributed by atoms with van der Waals surface area (Å²) in [5, 5.41) is 12.0. The van der Waals surface area contributed by atoms with Gasteiger partial charge in [0.1, 0.15) is 17.4 Å². The van der Waals surface area contributed by atoms with Crippen molar-refractivity contribution in [2.75, 3.05) is 12.4 Å². The van der Waals surface area contributed by atoms with Gasteiger partial charge < -0.3 is 10.1 Å². The van der Waals surface area contributed by atoms with Crippen LogP contribution in [0.5, 0.6) is 0 Å². The first-order valence-electron chi connectivity index (χ1n) is 7.17. The zero-order valence-electron chi connectivity index (χ0n) is 13.0. The second kappa shape index (κ2) is 7.41. The maximum absolute atomic E-state index is 13.6. The fourth-order valence-corrected chi connectivity index (χ4v) is 2.26.